The van der Waals surface area contributed by atoms with Crippen LogP contribution in [0.1, 0.15) is 13.8 Å². The minimum absolute atomic E-state index is 0.127. The monoisotopic (exact) mass is 274 g/mol. The molecule has 1 heterocycles. The Morgan fingerprint density at radius 1 is 1.18 bits per heavy atom. The van der Waals surface area contributed by atoms with Crippen molar-refractivity contribution in [3.63, 3.8) is 0 Å². The molecule has 0 saturated carbocycles. The van der Waals surface area contributed by atoms with Gasteiger partial charge in [0.15, 0.2) is 0 Å². The molecule has 1 aromatic carbocycles. The van der Waals surface area contributed by atoms with Gasteiger partial charge in [-0.1, -0.05) is 23.2 Å². The van der Waals surface area contributed by atoms with Crippen LogP contribution < -0.4 is 9.80 Å². The maximum absolute atomic E-state index is 9.13. The summed E-state index contributed by atoms with van der Waals surface area (Å²) in [4.78, 5) is 4.38. The zero-order valence-electron chi connectivity index (χ0n) is 9.95. The fourth-order valence-corrected chi connectivity index (χ4v) is 2.72. The number of hydrogen-bond acceptors (Lipinski definition) is 3. The average Bonchev–Trinajstić information content (AvgIpc) is 2.54. The zero-order chi connectivity index (χ0) is 12.6. The average molecular weight is 275 g/mol. The molecule has 0 saturated heterocycles. The maximum Gasteiger partial charge on any atom is 0.0989 e. The highest BCUT2D eigenvalue weighted by atomic mass is 35.5. The van der Waals surface area contributed by atoms with Crippen LogP contribution in [0.5, 0.6) is 0 Å². The van der Waals surface area contributed by atoms with Gasteiger partial charge in [-0.2, -0.15) is 0 Å². The Balaban J connectivity index is 2.48. The van der Waals surface area contributed by atoms with E-state index in [1.807, 2.05) is 12.1 Å². The van der Waals surface area contributed by atoms with Crippen LogP contribution in [0.15, 0.2) is 12.1 Å². The minimum Gasteiger partial charge on any atom is -0.395 e. The molecule has 94 valence electrons. The van der Waals surface area contributed by atoms with E-state index < -0.39 is 0 Å². The molecule has 0 aliphatic carbocycles. The zero-order valence-corrected chi connectivity index (χ0v) is 11.5. The molecule has 1 N–H and O–H groups in total. The van der Waals surface area contributed by atoms with Crippen LogP contribution >= 0.6 is 23.2 Å². The van der Waals surface area contributed by atoms with Crippen LogP contribution in [0.3, 0.4) is 0 Å². The second-order valence-corrected chi connectivity index (χ2v) is 4.90. The minimum atomic E-state index is 0.127. The Bertz CT molecular complexity index is 425. The number of anilines is 2. The Morgan fingerprint density at radius 3 is 2.18 bits per heavy atom. The molecule has 0 radical (unpaired) electrons. The molecule has 1 atom stereocenters. The molecular formula is C12H16Cl2N2O. The first-order valence-corrected chi connectivity index (χ1v) is 6.49. The molecule has 0 aromatic heterocycles. The van der Waals surface area contributed by atoms with Crippen LogP contribution in [0, 0.1) is 0 Å². The van der Waals surface area contributed by atoms with Crippen molar-refractivity contribution < 1.29 is 5.11 Å². The van der Waals surface area contributed by atoms with Crippen molar-refractivity contribution in [2.45, 2.75) is 20.0 Å². The van der Waals surface area contributed by atoms with Crippen molar-refractivity contribution in [2.24, 2.45) is 0 Å². The van der Waals surface area contributed by atoms with Crippen LogP contribution in [0.2, 0.25) is 10.0 Å². The molecule has 5 heteroatoms. The normalized spacial score (nSPS) is 18.8. The molecule has 3 nitrogen and oxygen atoms in total. The van der Waals surface area contributed by atoms with Gasteiger partial charge in [0.2, 0.25) is 0 Å². The van der Waals surface area contributed by atoms with Gasteiger partial charge in [-0.15, -0.1) is 0 Å². The van der Waals surface area contributed by atoms with E-state index in [0.717, 1.165) is 17.9 Å². The number of nitrogens with zero attached hydrogens (tertiary/aromatic N) is 2. The SMILES string of the molecule is CCN1c2cc(Cl)c(Cl)cc2N(CCO)C1C. The summed E-state index contributed by atoms with van der Waals surface area (Å²) < 4.78 is 0. The van der Waals surface area contributed by atoms with Crippen LogP contribution in [-0.2, 0) is 0 Å². The number of β-amino-alcohol motifs (C(OH)–C–C–N with tert-alkyl or cyclic N) is 1. The number of hydrogen-bond donors (Lipinski definition) is 1. The largest absolute Gasteiger partial charge is 0.395 e. The van der Waals surface area contributed by atoms with Crippen molar-refractivity contribution in [3.05, 3.63) is 22.2 Å². The third-order valence-corrected chi connectivity index (χ3v) is 3.94. The van der Waals surface area contributed by atoms with Crippen molar-refractivity contribution in [2.75, 3.05) is 29.5 Å². The lowest BCUT2D eigenvalue weighted by Gasteiger charge is -2.28. The van der Waals surface area contributed by atoms with Crippen molar-refractivity contribution in [3.8, 4) is 0 Å². The third-order valence-electron chi connectivity index (χ3n) is 3.22. The Morgan fingerprint density at radius 2 is 1.71 bits per heavy atom. The lowest BCUT2D eigenvalue weighted by atomic mass is 10.2. The molecule has 1 unspecified atom stereocenters. The Kier molecular flexibility index (Phi) is 3.71. The van der Waals surface area contributed by atoms with Gasteiger partial charge < -0.3 is 14.9 Å². The summed E-state index contributed by atoms with van der Waals surface area (Å²) >= 11 is 12.1. The number of benzene rings is 1. The van der Waals surface area contributed by atoms with E-state index in [9.17, 15) is 0 Å². The fraction of sp³-hybridized carbons (Fsp3) is 0.500. The van der Waals surface area contributed by atoms with E-state index in [2.05, 4.69) is 23.6 Å². The molecule has 0 fully saturated rings. The van der Waals surface area contributed by atoms with Gasteiger partial charge >= 0.3 is 0 Å². The molecule has 0 bridgehead atoms. The smallest absolute Gasteiger partial charge is 0.0989 e. The van der Waals surface area contributed by atoms with Crippen molar-refractivity contribution in [1.82, 2.24) is 0 Å². The predicted octanol–water partition coefficient (Wildman–Crippen LogP) is 2.98. The highest BCUT2D eigenvalue weighted by molar-refractivity contribution is 6.42. The molecular weight excluding hydrogens is 259 g/mol. The summed E-state index contributed by atoms with van der Waals surface area (Å²) in [5.41, 5.74) is 2.13. The summed E-state index contributed by atoms with van der Waals surface area (Å²) in [6.45, 7) is 5.84. The van der Waals surface area contributed by atoms with E-state index in [4.69, 9.17) is 28.3 Å². The maximum atomic E-state index is 9.13. The van der Waals surface area contributed by atoms with Crippen LogP contribution in [0.4, 0.5) is 11.4 Å². The summed E-state index contributed by atoms with van der Waals surface area (Å²) in [5.74, 6) is 0. The van der Waals surface area contributed by atoms with Gasteiger partial charge in [0.1, 0.15) is 0 Å². The lowest BCUT2D eigenvalue weighted by molar-refractivity contribution is 0.299. The number of aliphatic hydroxyl groups is 1. The van der Waals surface area contributed by atoms with Gasteiger partial charge in [0.05, 0.1) is 34.2 Å². The summed E-state index contributed by atoms with van der Waals surface area (Å²) in [6.07, 6.45) is 0.219. The topological polar surface area (TPSA) is 26.7 Å². The van der Waals surface area contributed by atoms with E-state index in [-0.39, 0.29) is 12.8 Å². The summed E-state index contributed by atoms with van der Waals surface area (Å²) in [7, 11) is 0. The fourth-order valence-electron chi connectivity index (χ4n) is 2.41. The number of halogens is 2. The quantitative estimate of drug-likeness (QED) is 0.918. The van der Waals surface area contributed by atoms with Gasteiger partial charge in [0.25, 0.3) is 0 Å². The number of aliphatic hydroxyl groups excluding tert-OH is 1. The summed E-state index contributed by atoms with van der Waals surface area (Å²) in [6, 6.07) is 3.78. The van der Waals surface area contributed by atoms with Gasteiger partial charge in [-0.25, -0.2) is 0 Å². The molecule has 1 aromatic rings. The number of fused-ring (bicyclic) bond motifs is 1. The highest BCUT2D eigenvalue weighted by Gasteiger charge is 2.32. The Hall–Kier alpha value is -0.640. The van der Waals surface area contributed by atoms with Gasteiger partial charge in [-0.05, 0) is 26.0 Å². The third kappa shape index (κ3) is 2.07. The lowest BCUT2D eigenvalue weighted by Crippen LogP contribution is -2.42. The molecule has 0 amide bonds. The standard InChI is InChI=1S/C12H16Cl2N2O/c1-3-15-8(2)16(4-5-17)12-7-10(14)9(13)6-11(12)15/h6-8,17H,3-5H2,1-2H3. The molecule has 17 heavy (non-hydrogen) atoms. The van der Waals surface area contributed by atoms with Crippen molar-refractivity contribution in [1.29, 1.82) is 0 Å². The van der Waals surface area contributed by atoms with E-state index in [1.165, 1.54) is 0 Å². The predicted molar refractivity (Wildman–Crippen MR) is 73.4 cm³/mol. The number of rotatable bonds is 3. The van der Waals surface area contributed by atoms with Crippen LogP contribution in [0.25, 0.3) is 0 Å². The van der Waals surface area contributed by atoms with Crippen LogP contribution in [-0.4, -0.2) is 31.0 Å². The first-order chi connectivity index (χ1) is 8.10. The highest BCUT2D eigenvalue weighted by Crippen LogP contribution is 2.43. The van der Waals surface area contributed by atoms with Crippen molar-refractivity contribution >= 4 is 34.6 Å². The Labute approximate surface area is 112 Å². The molecule has 1 aliphatic rings. The van der Waals surface area contributed by atoms with E-state index >= 15 is 0 Å². The van der Waals surface area contributed by atoms with Gasteiger partial charge in [0, 0.05) is 13.1 Å². The van der Waals surface area contributed by atoms with E-state index in [0.29, 0.717) is 16.6 Å². The molecule has 1 aliphatic heterocycles. The van der Waals surface area contributed by atoms with E-state index in [1.54, 1.807) is 0 Å². The summed E-state index contributed by atoms with van der Waals surface area (Å²) in [5, 5.41) is 10.3. The second kappa shape index (κ2) is 4.92. The second-order valence-electron chi connectivity index (χ2n) is 4.09. The molecule has 2 rings (SSSR count). The van der Waals surface area contributed by atoms with Gasteiger partial charge in [-0.3, -0.25) is 0 Å². The molecule has 0 spiro atoms. The first-order valence-electron chi connectivity index (χ1n) is 5.73. The first kappa shape index (κ1) is 12.8.